The van der Waals surface area contributed by atoms with Crippen molar-refractivity contribution in [1.29, 1.82) is 0 Å². The summed E-state index contributed by atoms with van der Waals surface area (Å²) in [5, 5.41) is 3.95. The average molecular weight is 443 g/mol. The molecular formula is C23H24F3N5O. The summed E-state index contributed by atoms with van der Waals surface area (Å²) in [6.07, 6.45) is 0.138. The molecule has 2 aliphatic heterocycles. The number of benzene rings is 1. The van der Waals surface area contributed by atoms with Crippen LogP contribution >= 0.6 is 0 Å². The normalized spacial score (nSPS) is 21.4. The van der Waals surface area contributed by atoms with E-state index in [9.17, 15) is 13.2 Å². The Bertz CT molecular complexity index is 1150. The number of pyridine rings is 1. The van der Waals surface area contributed by atoms with Gasteiger partial charge in [0.2, 0.25) is 0 Å². The molecule has 2 fully saturated rings. The first-order valence-corrected chi connectivity index (χ1v) is 10.7. The van der Waals surface area contributed by atoms with Gasteiger partial charge in [-0.05, 0) is 26.3 Å². The monoisotopic (exact) mass is 443 g/mol. The number of hydrogen-bond acceptors (Lipinski definition) is 6. The van der Waals surface area contributed by atoms with Crippen molar-refractivity contribution in [2.24, 2.45) is 5.92 Å². The van der Waals surface area contributed by atoms with Crippen molar-refractivity contribution in [1.82, 2.24) is 15.0 Å². The van der Waals surface area contributed by atoms with Gasteiger partial charge < -0.3 is 15.0 Å². The molecule has 168 valence electrons. The second-order valence-electron chi connectivity index (χ2n) is 8.46. The van der Waals surface area contributed by atoms with Gasteiger partial charge in [0.05, 0.1) is 29.4 Å². The smallest absolute Gasteiger partial charge is 0.266 e. The highest BCUT2D eigenvalue weighted by atomic mass is 19.3. The molecular weight excluding hydrogens is 419 g/mol. The number of fused-ring (bicyclic) bond motifs is 2. The molecule has 0 spiro atoms. The van der Waals surface area contributed by atoms with Gasteiger partial charge in [-0.15, -0.1) is 0 Å². The van der Waals surface area contributed by atoms with Crippen LogP contribution in [0.5, 0.6) is 0 Å². The van der Waals surface area contributed by atoms with Crippen LogP contribution in [0.3, 0.4) is 0 Å². The number of alkyl halides is 2. The Morgan fingerprint density at radius 3 is 2.78 bits per heavy atom. The molecule has 0 saturated carbocycles. The van der Waals surface area contributed by atoms with Crippen LogP contribution in [0, 0.1) is 18.7 Å². The van der Waals surface area contributed by atoms with E-state index in [1.165, 1.54) is 12.1 Å². The molecule has 0 bridgehead atoms. The van der Waals surface area contributed by atoms with Gasteiger partial charge in [-0.2, -0.15) is 0 Å². The minimum Gasteiger partial charge on any atom is -0.376 e. The lowest BCUT2D eigenvalue weighted by Crippen LogP contribution is -2.23. The van der Waals surface area contributed by atoms with Gasteiger partial charge >= 0.3 is 0 Å². The van der Waals surface area contributed by atoms with Crippen molar-refractivity contribution in [3.8, 4) is 0 Å². The molecule has 0 aliphatic carbocycles. The van der Waals surface area contributed by atoms with Crippen LogP contribution in [0.2, 0.25) is 0 Å². The number of aryl methyl sites for hydroxylation is 1. The van der Waals surface area contributed by atoms with E-state index in [-0.39, 0.29) is 11.7 Å². The van der Waals surface area contributed by atoms with Crippen LogP contribution in [0.25, 0.3) is 10.9 Å². The lowest BCUT2D eigenvalue weighted by molar-refractivity contribution is 0.114. The van der Waals surface area contributed by atoms with Crippen LogP contribution < -0.4 is 10.2 Å². The van der Waals surface area contributed by atoms with Gasteiger partial charge in [0.1, 0.15) is 23.3 Å². The van der Waals surface area contributed by atoms with E-state index >= 15 is 0 Å². The molecule has 0 amide bonds. The van der Waals surface area contributed by atoms with E-state index in [0.29, 0.717) is 23.1 Å². The first-order valence-electron chi connectivity index (χ1n) is 10.7. The third-order valence-corrected chi connectivity index (χ3v) is 6.32. The molecule has 3 aromatic rings. The van der Waals surface area contributed by atoms with Crippen molar-refractivity contribution in [3.63, 3.8) is 0 Å². The zero-order valence-electron chi connectivity index (χ0n) is 17.9. The average Bonchev–Trinajstić information content (AvgIpc) is 3.35. The lowest BCUT2D eigenvalue weighted by Gasteiger charge is -2.21. The molecule has 1 aromatic carbocycles. The maximum Gasteiger partial charge on any atom is 0.266 e. The maximum atomic E-state index is 14.7. The Morgan fingerprint density at radius 1 is 1.19 bits per heavy atom. The van der Waals surface area contributed by atoms with E-state index in [0.717, 1.165) is 43.4 Å². The Hall–Kier alpha value is -2.94. The highest BCUT2D eigenvalue weighted by molar-refractivity contribution is 5.90. The number of rotatable bonds is 5. The van der Waals surface area contributed by atoms with Crippen molar-refractivity contribution >= 4 is 22.5 Å². The molecule has 2 aromatic heterocycles. The largest absolute Gasteiger partial charge is 0.376 e. The first-order chi connectivity index (χ1) is 15.4. The summed E-state index contributed by atoms with van der Waals surface area (Å²) in [6.45, 7) is 5.98. The van der Waals surface area contributed by atoms with E-state index in [1.807, 2.05) is 6.07 Å². The van der Waals surface area contributed by atoms with Gasteiger partial charge in [-0.1, -0.05) is 18.2 Å². The molecule has 5 rings (SSSR count). The summed E-state index contributed by atoms with van der Waals surface area (Å²) in [5.41, 5.74) is 0.215. The minimum atomic E-state index is -2.87. The van der Waals surface area contributed by atoms with Gasteiger partial charge in [-0.3, -0.25) is 0 Å². The Kier molecular flexibility index (Phi) is 5.36. The summed E-state index contributed by atoms with van der Waals surface area (Å²) in [4.78, 5) is 15.8. The summed E-state index contributed by atoms with van der Waals surface area (Å²) < 4.78 is 46.7. The molecule has 2 saturated heterocycles. The molecule has 32 heavy (non-hydrogen) atoms. The van der Waals surface area contributed by atoms with Crippen LogP contribution in [0.15, 0.2) is 30.5 Å². The van der Waals surface area contributed by atoms with Crippen LogP contribution in [-0.2, 0) is 4.74 Å². The molecule has 9 heteroatoms. The predicted octanol–water partition coefficient (Wildman–Crippen LogP) is 4.81. The third-order valence-electron chi connectivity index (χ3n) is 6.32. The second-order valence-corrected chi connectivity index (χ2v) is 8.46. The third kappa shape index (κ3) is 3.74. The molecule has 4 heterocycles. The number of ether oxygens (including phenoxy) is 1. The van der Waals surface area contributed by atoms with E-state index < -0.39 is 23.8 Å². The van der Waals surface area contributed by atoms with E-state index in [1.54, 1.807) is 20.0 Å². The van der Waals surface area contributed by atoms with Crippen molar-refractivity contribution in [2.45, 2.75) is 38.8 Å². The Labute approximate surface area is 183 Å². The zero-order chi connectivity index (χ0) is 22.4. The van der Waals surface area contributed by atoms with Gasteiger partial charge in [0.15, 0.2) is 0 Å². The summed E-state index contributed by atoms with van der Waals surface area (Å²) in [6, 6.07) is 5.40. The number of halogens is 3. The van der Waals surface area contributed by atoms with Gasteiger partial charge in [-0.25, -0.2) is 28.1 Å². The molecule has 3 atom stereocenters. The second kappa shape index (κ2) is 8.20. The van der Waals surface area contributed by atoms with E-state index in [4.69, 9.17) is 4.74 Å². The number of nitrogens with zero attached hydrogens (tertiary/aromatic N) is 4. The van der Waals surface area contributed by atoms with Gasteiger partial charge in [0, 0.05) is 36.6 Å². The number of nitrogens with one attached hydrogen (secondary N) is 1. The Balaban J connectivity index is 1.47. The zero-order valence-corrected chi connectivity index (χ0v) is 17.9. The molecule has 6 nitrogen and oxygen atoms in total. The molecule has 3 unspecified atom stereocenters. The maximum absolute atomic E-state index is 14.7. The first kappa shape index (κ1) is 20.9. The standard InChI is InChI=1S/C23H24F3N5O/c1-12(15-4-3-5-16(21(15)24)22(25)26)28-23-17-8-20(27-9-18(17)29-13(2)30-23)31-10-14-6-7-32-19(14)11-31/h3-5,8-9,12,14,19,22H,6-7,10-11H2,1-2H3,(H,28,29,30). The van der Waals surface area contributed by atoms with Crippen LogP contribution in [0.1, 0.15) is 42.8 Å². The predicted molar refractivity (Wildman–Crippen MR) is 116 cm³/mol. The number of anilines is 2. The highest BCUT2D eigenvalue weighted by Gasteiger charge is 2.37. The molecule has 2 aliphatic rings. The van der Waals surface area contributed by atoms with Crippen molar-refractivity contribution in [3.05, 3.63) is 53.2 Å². The van der Waals surface area contributed by atoms with Crippen molar-refractivity contribution < 1.29 is 17.9 Å². The number of hydrogen-bond donors (Lipinski definition) is 1. The minimum absolute atomic E-state index is 0.158. The summed E-state index contributed by atoms with van der Waals surface area (Å²) >= 11 is 0. The lowest BCUT2D eigenvalue weighted by atomic mass is 10.0. The fourth-order valence-electron chi connectivity index (χ4n) is 4.64. The molecule has 1 N–H and O–H groups in total. The SMILES string of the molecule is Cc1nc(NC(C)c2cccc(C(F)F)c2F)c2cc(N3CC4CCOC4C3)ncc2n1. The van der Waals surface area contributed by atoms with Crippen LogP contribution in [-0.4, -0.2) is 40.8 Å². The van der Waals surface area contributed by atoms with Crippen molar-refractivity contribution in [2.75, 3.05) is 29.9 Å². The Morgan fingerprint density at radius 2 is 2.00 bits per heavy atom. The summed E-state index contributed by atoms with van der Waals surface area (Å²) in [5.74, 6) is 1.48. The fourth-order valence-corrected chi connectivity index (χ4v) is 4.64. The fraction of sp³-hybridized carbons (Fsp3) is 0.435. The molecule has 0 radical (unpaired) electrons. The summed E-state index contributed by atoms with van der Waals surface area (Å²) in [7, 11) is 0. The highest BCUT2D eigenvalue weighted by Crippen LogP contribution is 2.34. The number of aromatic nitrogens is 3. The van der Waals surface area contributed by atoms with E-state index in [2.05, 4.69) is 25.2 Å². The van der Waals surface area contributed by atoms with Gasteiger partial charge in [0.25, 0.3) is 6.43 Å². The topological polar surface area (TPSA) is 63.2 Å². The van der Waals surface area contributed by atoms with Crippen LogP contribution in [0.4, 0.5) is 24.8 Å². The quantitative estimate of drug-likeness (QED) is 0.611.